The number of thioether (sulfide) groups is 1. The van der Waals surface area contributed by atoms with Crippen molar-refractivity contribution in [3.05, 3.63) is 16.4 Å². The van der Waals surface area contributed by atoms with E-state index in [4.69, 9.17) is 11.6 Å². The molecule has 2 heterocycles. The second-order valence-corrected chi connectivity index (χ2v) is 6.81. The summed E-state index contributed by atoms with van der Waals surface area (Å²) in [5, 5.41) is 9.73. The number of aromatic nitrogens is 2. The molecule has 1 N–H and O–H groups in total. The fourth-order valence-electron chi connectivity index (χ4n) is 2.79. The van der Waals surface area contributed by atoms with Crippen LogP contribution in [0.4, 0.5) is 0 Å². The van der Waals surface area contributed by atoms with E-state index < -0.39 is 0 Å². The van der Waals surface area contributed by atoms with Crippen molar-refractivity contribution < 1.29 is 0 Å². The fraction of sp³-hybridized carbons (Fsp3) is 0.786. The van der Waals surface area contributed by atoms with E-state index >= 15 is 0 Å². The van der Waals surface area contributed by atoms with Crippen LogP contribution in [0, 0.1) is 6.92 Å². The molecule has 2 rings (SSSR count). The Balaban J connectivity index is 2.16. The molecule has 0 aromatic carbocycles. The number of nitrogens with one attached hydrogen (secondary N) is 1. The molecule has 1 aromatic rings. The predicted octanol–water partition coefficient (Wildman–Crippen LogP) is 3.28. The van der Waals surface area contributed by atoms with Crippen LogP contribution in [-0.2, 0) is 13.0 Å². The van der Waals surface area contributed by atoms with Crippen LogP contribution in [0.15, 0.2) is 0 Å². The first-order chi connectivity index (χ1) is 9.17. The van der Waals surface area contributed by atoms with Crippen molar-refractivity contribution in [3.8, 4) is 0 Å². The van der Waals surface area contributed by atoms with Gasteiger partial charge in [-0.1, -0.05) is 18.5 Å². The maximum atomic E-state index is 6.43. The lowest BCUT2D eigenvalue weighted by molar-refractivity contribution is 0.475. The number of hydrogen-bond acceptors (Lipinski definition) is 3. The van der Waals surface area contributed by atoms with E-state index in [9.17, 15) is 0 Å². The molecule has 108 valence electrons. The monoisotopic (exact) mass is 301 g/mol. The van der Waals surface area contributed by atoms with Gasteiger partial charge in [0.25, 0.3) is 0 Å². The van der Waals surface area contributed by atoms with Crippen molar-refractivity contribution in [2.45, 2.75) is 57.9 Å². The highest BCUT2D eigenvalue weighted by molar-refractivity contribution is 8.00. The third-order valence-corrected chi connectivity index (χ3v) is 5.75. The van der Waals surface area contributed by atoms with Gasteiger partial charge in [0, 0.05) is 24.3 Å². The summed E-state index contributed by atoms with van der Waals surface area (Å²) in [5.41, 5.74) is 2.15. The summed E-state index contributed by atoms with van der Waals surface area (Å²) in [7, 11) is 0. The largest absolute Gasteiger partial charge is 0.313 e. The molecule has 2 unspecified atom stereocenters. The van der Waals surface area contributed by atoms with Crippen LogP contribution < -0.4 is 5.32 Å². The molecule has 0 saturated carbocycles. The Labute approximate surface area is 125 Å². The van der Waals surface area contributed by atoms with Gasteiger partial charge in [0.2, 0.25) is 0 Å². The smallest absolute Gasteiger partial charge is 0.0847 e. The highest BCUT2D eigenvalue weighted by Crippen LogP contribution is 2.31. The first-order valence-corrected chi connectivity index (χ1v) is 8.66. The van der Waals surface area contributed by atoms with Crippen molar-refractivity contribution in [3.63, 3.8) is 0 Å². The standard InChI is InChI=1S/C14H24ClN3S/c1-4-16-11(13-7-6-8-19-13)9-12-14(15)10(3)17-18(12)5-2/h11,13,16H,4-9H2,1-3H3. The second-order valence-electron chi connectivity index (χ2n) is 5.08. The van der Waals surface area contributed by atoms with Crippen molar-refractivity contribution in [1.29, 1.82) is 0 Å². The van der Waals surface area contributed by atoms with Crippen LogP contribution in [0.3, 0.4) is 0 Å². The average molecular weight is 302 g/mol. The molecule has 0 bridgehead atoms. The molecule has 0 amide bonds. The van der Waals surface area contributed by atoms with E-state index in [1.807, 2.05) is 6.92 Å². The van der Waals surface area contributed by atoms with E-state index in [1.54, 1.807) is 0 Å². The SMILES string of the molecule is CCNC(Cc1c(Cl)c(C)nn1CC)C1CCCS1. The minimum atomic E-state index is 0.511. The lowest BCUT2D eigenvalue weighted by Crippen LogP contribution is -2.39. The molecule has 0 aliphatic carbocycles. The summed E-state index contributed by atoms with van der Waals surface area (Å²) in [6.07, 6.45) is 3.65. The molecule has 0 radical (unpaired) electrons. The summed E-state index contributed by atoms with van der Waals surface area (Å²) in [5.74, 6) is 1.30. The van der Waals surface area contributed by atoms with Gasteiger partial charge in [-0.05, 0) is 39.0 Å². The normalized spacial score (nSPS) is 20.9. The average Bonchev–Trinajstić information content (AvgIpc) is 3.01. The summed E-state index contributed by atoms with van der Waals surface area (Å²) < 4.78 is 2.06. The molecule has 19 heavy (non-hydrogen) atoms. The number of aryl methyl sites for hydroxylation is 2. The van der Waals surface area contributed by atoms with E-state index in [0.29, 0.717) is 6.04 Å². The molecule has 0 spiro atoms. The first-order valence-electron chi connectivity index (χ1n) is 7.24. The van der Waals surface area contributed by atoms with Crippen molar-refractivity contribution in [2.75, 3.05) is 12.3 Å². The molecule has 1 fully saturated rings. The summed E-state index contributed by atoms with van der Waals surface area (Å²) in [6, 6.07) is 0.511. The zero-order valence-corrected chi connectivity index (χ0v) is 13.7. The van der Waals surface area contributed by atoms with E-state index in [1.165, 1.54) is 24.3 Å². The van der Waals surface area contributed by atoms with Crippen LogP contribution in [0.1, 0.15) is 38.1 Å². The number of hydrogen-bond donors (Lipinski definition) is 1. The maximum Gasteiger partial charge on any atom is 0.0847 e. The molecule has 1 aliphatic rings. The Hall–Kier alpha value is -0.190. The molecule has 1 saturated heterocycles. The van der Waals surface area contributed by atoms with Crippen LogP contribution >= 0.6 is 23.4 Å². The highest BCUT2D eigenvalue weighted by Gasteiger charge is 2.27. The second kappa shape index (κ2) is 7.00. The fourth-order valence-corrected chi connectivity index (χ4v) is 4.40. The zero-order valence-electron chi connectivity index (χ0n) is 12.1. The first kappa shape index (κ1) is 15.2. The van der Waals surface area contributed by atoms with Gasteiger partial charge in [-0.2, -0.15) is 16.9 Å². The van der Waals surface area contributed by atoms with E-state index in [0.717, 1.165) is 35.5 Å². The highest BCUT2D eigenvalue weighted by atomic mass is 35.5. The van der Waals surface area contributed by atoms with Gasteiger partial charge in [-0.25, -0.2) is 0 Å². The van der Waals surface area contributed by atoms with Crippen LogP contribution in [0.25, 0.3) is 0 Å². The summed E-state index contributed by atoms with van der Waals surface area (Å²) in [6.45, 7) is 8.19. The summed E-state index contributed by atoms with van der Waals surface area (Å²) >= 11 is 8.53. The molecular weight excluding hydrogens is 278 g/mol. The Kier molecular flexibility index (Phi) is 5.60. The maximum absolute atomic E-state index is 6.43. The summed E-state index contributed by atoms with van der Waals surface area (Å²) in [4.78, 5) is 0. The van der Waals surface area contributed by atoms with E-state index in [2.05, 4.69) is 40.7 Å². The molecule has 2 atom stereocenters. The van der Waals surface area contributed by atoms with Crippen LogP contribution in [0.2, 0.25) is 5.02 Å². The molecule has 1 aliphatic heterocycles. The number of halogens is 1. The van der Waals surface area contributed by atoms with E-state index in [-0.39, 0.29) is 0 Å². The van der Waals surface area contributed by atoms with Crippen molar-refractivity contribution in [1.82, 2.24) is 15.1 Å². The molecule has 1 aromatic heterocycles. The number of nitrogens with zero attached hydrogens (tertiary/aromatic N) is 2. The predicted molar refractivity (Wildman–Crippen MR) is 84.3 cm³/mol. The van der Waals surface area contributed by atoms with Gasteiger partial charge in [-0.15, -0.1) is 0 Å². The Morgan fingerprint density at radius 3 is 2.89 bits per heavy atom. The van der Waals surface area contributed by atoms with Gasteiger partial charge in [0.1, 0.15) is 0 Å². The quantitative estimate of drug-likeness (QED) is 0.874. The van der Waals surface area contributed by atoms with Gasteiger partial charge in [-0.3, -0.25) is 4.68 Å². The van der Waals surface area contributed by atoms with Crippen molar-refractivity contribution in [2.24, 2.45) is 0 Å². The van der Waals surface area contributed by atoms with Gasteiger partial charge in [0.05, 0.1) is 16.4 Å². The lowest BCUT2D eigenvalue weighted by atomic mass is 10.0. The van der Waals surface area contributed by atoms with Crippen molar-refractivity contribution >= 4 is 23.4 Å². The number of likely N-dealkylation sites (N-methyl/N-ethyl adjacent to an activating group) is 1. The Morgan fingerprint density at radius 1 is 1.53 bits per heavy atom. The van der Waals surface area contributed by atoms with Crippen LogP contribution in [0.5, 0.6) is 0 Å². The van der Waals surface area contributed by atoms with Gasteiger partial charge >= 0.3 is 0 Å². The Morgan fingerprint density at radius 2 is 2.32 bits per heavy atom. The van der Waals surface area contributed by atoms with Gasteiger partial charge in [0.15, 0.2) is 0 Å². The zero-order chi connectivity index (χ0) is 13.8. The molecule has 5 heteroatoms. The third kappa shape index (κ3) is 3.47. The topological polar surface area (TPSA) is 29.9 Å². The minimum Gasteiger partial charge on any atom is -0.313 e. The lowest BCUT2D eigenvalue weighted by Gasteiger charge is -2.24. The number of rotatable bonds is 6. The molecule has 3 nitrogen and oxygen atoms in total. The Bertz CT molecular complexity index is 413. The molecular formula is C14H24ClN3S. The third-order valence-electron chi connectivity index (χ3n) is 3.75. The minimum absolute atomic E-state index is 0.511. The van der Waals surface area contributed by atoms with Gasteiger partial charge < -0.3 is 5.32 Å². The van der Waals surface area contributed by atoms with Crippen LogP contribution in [-0.4, -0.2) is 33.4 Å².